The zero-order chi connectivity index (χ0) is 11.3. The second kappa shape index (κ2) is 7.09. The third-order valence-electron chi connectivity index (χ3n) is 1.97. The number of halogens is 1. The van der Waals surface area contributed by atoms with Crippen LogP contribution in [0.5, 0.6) is 5.75 Å². The molecule has 3 N–H and O–H groups in total. The van der Waals surface area contributed by atoms with Crippen LogP contribution in [0.15, 0.2) is 24.3 Å². The number of benzene rings is 1. The van der Waals surface area contributed by atoms with Gasteiger partial charge < -0.3 is 15.4 Å². The van der Waals surface area contributed by atoms with E-state index in [1.54, 1.807) is 12.1 Å². The second-order valence-corrected chi connectivity index (χ2v) is 3.59. The molecule has 0 saturated carbocycles. The van der Waals surface area contributed by atoms with Crippen LogP contribution < -0.4 is 10.5 Å². The van der Waals surface area contributed by atoms with Crippen LogP contribution in [0.4, 0.5) is 0 Å². The average molecular weight is 244 g/mol. The number of nitrogens with zero attached hydrogens (tertiary/aromatic N) is 1. The van der Waals surface area contributed by atoms with Crippen molar-refractivity contribution in [1.29, 1.82) is 5.41 Å². The summed E-state index contributed by atoms with van der Waals surface area (Å²) < 4.78 is 5.50. The molecule has 0 aliphatic rings. The molecule has 4 nitrogen and oxygen atoms in total. The monoisotopic (exact) mass is 243 g/mol. The number of nitrogens with one attached hydrogen (secondary N) is 1. The minimum Gasteiger partial charge on any atom is -0.492 e. The van der Waals surface area contributed by atoms with Gasteiger partial charge in [0.25, 0.3) is 0 Å². The molecule has 1 aromatic carbocycles. The highest BCUT2D eigenvalue weighted by molar-refractivity contribution is 5.94. The minimum atomic E-state index is 0. The number of ether oxygens (including phenoxy) is 1. The van der Waals surface area contributed by atoms with E-state index in [0.29, 0.717) is 6.61 Å². The number of nitrogen functional groups attached to an aromatic ring is 1. The Morgan fingerprint density at radius 2 is 1.88 bits per heavy atom. The molecule has 0 spiro atoms. The maximum atomic E-state index is 7.23. The van der Waals surface area contributed by atoms with Crippen molar-refractivity contribution in [3.8, 4) is 5.75 Å². The van der Waals surface area contributed by atoms with Crippen molar-refractivity contribution in [2.45, 2.75) is 0 Å². The van der Waals surface area contributed by atoms with Gasteiger partial charge in [-0.2, -0.15) is 0 Å². The fourth-order valence-corrected chi connectivity index (χ4v) is 1.08. The normalized spacial score (nSPS) is 9.69. The molecule has 1 aromatic rings. The van der Waals surface area contributed by atoms with Gasteiger partial charge in [-0.25, -0.2) is 0 Å². The summed E-state index contributed by atoms with van der Waals surface area (Å²) in [5.41, 5.74) is 6.06. The Labute approximate surface area is 102 Å². The van der Waals surface area contributed by atoms with Crippen LogP contribution in [0.2, 0.25) is 0 Å². The lowest BCUT2D eigenvalue weighted by Gasteiger charge is -2.11. The van der Waals surface area contributed by atoms with Gasteiger partial charge in [-0.3, -0.25) is 5.41 Å². The van der Waals surface area contributed by atoms with Crippen molar-refractivity contribution < 1.29 is 4.74 Å². The van der Waals surface area contributed by atoms with Crippen LogP contribution >= 0.6 is 12.4 Å². The molecule has 0 atom stereocenters. The van der Waals surface area contributed by atoms with Crippen molar-refractivity contribution in [3.63, 3.8) is 0 Å². The Kier molecular flexibility index (Phi) is 6.53. The smallest absolute Gasteiger partial charge is 0.122 e. The first-order valence-electron chi connectivity index (χ1n) is 4.81. The topological polar surface area (TPSA) is 62.3 Å². The van der Waals surface area contributed by atoms with E-state index in [4.69, 9.17) is 15.9 Å². The van der Waals surface area contributed by atoms with Gasteiger partial charge in [0.05, 0.1) is 0 Å². The van der Waals surface area contributed by atoms with E-state index in [-0.39, 0.29) is 18.2 Å². The molecule has 0 heterocycles. The molecule has 0 radical (unpaired) electrons. The fraction of sp³-hybridized carbons (Fsp3) is 0.364. The Morgan fingerprint density at radius 3 is 2.31 bits per heavy atom. The van der Waals surface area contributed by atoms with E-state index in [1.807, 2.05) is 26.2 Å². The van der Waals surface area contributed by atoms with Gasteiger partial charge in [-0.15, -0.1) is 12.4 Å². The molecule has 0 fully saturated rings. The molecule has 0 aromatic heterocycles. The molecule has 0 amide bonds. The highest BCUT2D eigenvalue weighted by Crippen LogP contribution is 2.11. The van der Waals surface area contributed by atoms with Gasteiger partial charge in [-0.05, 0) is 38.4 Å². The first-order valence-corrected chi connectivity index (χ1v) is 4.81. The standard InChI is InChI=1S/C11H17N3O.ClH/c1-14(2)7-8-15-10-5-3-9(4-6-10)11(12)13;/h3-6H,7-8H2,1-2H3,(H3,12,13);1H. The predicted molar refractivity (Wildman–Crippen MR) is 68.8 cm³/mol. The van der Waals surface area contributed by atoms with E-state index in [2.05, 4.69) is 4.90 Å². The van der Waals surface area contributed by atoms with Gasteiger partial charge in [0.1, 0.15) is 18.2 Å². The SMILES string of the molecule is CN(C)CCOc1ccc(C(=N)N)cc1.Cl. The molecule has 0 aliphatic heterocycles. The number of likely N-dealkylation sites (N-methyl/N-ethyl adjacent to an activating group) is 1. The van der Waals surface area contributed by atoms with Gasteiger partial charge in [0.2, 0.25) is 0 Å². The van der Waals surface area contributed by atoms with Gasteiger partial charge >= 0.3 is 0 Å². The van der Waals surface area contributed by atoms with Crippen LogP contribution in [0.25, 0.3) is 0 Å². The highest BCUT2D eigenvalue weighted by atomic mass is 35.5. The first-order chi connectivity index (χ1) is 7.09. The Morgan fingerprint density at radius 1 is 1.31 bits per heavy atom. The van der Waals surface area contributed by atoms with Crippen molar-refractivity contribution in [2.24, 2.45) is 5.73 Å². The average Bonchev–Trinajstić information content (AvgIpc) is 2.18. The van der Waals surface area contributed by atoms with Gasteiger partial charge in [0.15, 0.2) is 0 Å². The number of nitrogens with two attached hydrogens (primary N) is 1. The van der Waals surface area contributed by atoms with Crippen molar-refractivity contribution >= 4 is 18.2 Å². The van der Waals surface area contributed by atoms with E-state index in [0.717, 1.165) is 17.9 Å². The number of hydrogen-bond acceptors (Lipinski definition) is 3. The van der Waals surface area contributed by atoms with Crippen LogP contribution in [-0.2, 0) is 0 Å². The Balaban J connectivity index is 0.00000225. The second-order valence-electron chi connectivity index (χ2n) is 3.59. The maximum Gasteiger partial charge on any atom is 0.122 e. The first kappa shape index (κ1) is 14.7. The number of amidine groups is 1. The molecule has 0 bridgehead atoms. The molecule has 16 heavy (non-hydrogen) atoms. The summed E-state index contributed by atoms with van der Waals surface area (Å²) in [6.45, 7) is 1.54. The quantitative estimate of drug-likeness (QED) is 0.606. The van der Waals surface area contributed by atoms with Crippen LogP contribution in [0.3, 0.4) is 0 Å². The van der Waals surface area contributed by atoms with Crippen molar-refractivity contribution in [2.75, 3.05) is 27.2 Å². The lowest BCUT2D eigenvalue weighted by Crippen LogP contribution is -2.19. The van der Waals surface area contributed by atoms with E-state index in [9.17, 15) is 0 Å². The van der Waals surface area contributed by atoms with Crippen molar-refractivity contribution in [3.05, 3.63) is 29.8 Å². The van der Waals surface area contributed by atoms with E-state index in [1.165, 1.54) is 0 Å². The lowest BCUT2D eigenvalue weighted by atomic mass is 10.2. The zero-order valence-corrected chi connectivity index (χ0v) is 10.4. The molecular weight excluding hydrogens is 226 g/mol. The minimum absolute atomic E-state index is 0. The van der Waals surface area contributed by atoms with Crippen LogP contribution in [0, 0.1) is 5.41 Å². The summed E-state index contributed by atoms with van der Waals surface area (Å²) in [6.07, 6.45) is 0. The summed E-state index contributed by atoms with van der Waals surface area (Å²) in [6, 6.07) is 7.22. The molecule has 5 heteroatoms. The Bertz CT molecular complexity index is 325. The van der Waals surface area contributed by atoms with E-state index >= 15 is 0 Å². The Hall–Kier alpha value is -1.26. The van der Waals surface area contributed by atoms with E-state index < -0.39 is 0 Å². The summed E-state index contributed by atoms with van der Waals surface area (Å²) >= 11 is 0. The summed E-state index contributed by atoms with van der Waals surface area (Å²) in [7, 11) is 4.00. The summed E-state index contributed by atoms with van der Waals surface area (Å²) in [5.74, 6) is 0.886. The molecule has 0 aliphatic carbocycles. The number of rotatable bonds is 5. The van der Waals surface area contributed by atoms with Crippen LogP contribution in [0.1, 0.15) is 5.56 Å². The van der Waals surface area contributed by atoms with Crippen molar-refractivity contribution in [1.82, 2.24) is 4.90 Å². The fourth-order valence-electron chi connectivity index (χ4n) is 1.08. The predicted octanol–water partition coefficient (Wildman–Crippen LogP) is 1.33. The molecule has 0 unspecified atom stereocenters. The third-order valence-corrected chi connectivity index (χ3v) is 1.97. The molecular formula is C11H18ClN3O. The molecule has 1 rings (SSSR count). The van der Waals surface area contributed by atoms with Crippen LogP contribution in [-0.4, -0.2) is 38.0 Å². The largest absolute Gasteiger partial charge is 0.492 e. The third kappa shape index (κ3) is 5.00. The van der Waals surface area contributed by atoms with Gasteiger partial charge in [0, 0.05) is 12.1 Å². The molecule has 0 saturated heterocycles. The summed E-state index contributed by atoms with van der Waals surface area (Å²) in [4.78, 5) is 2.06. The molecule has 90 valence electrons. The zero-order valence-electron chi connectivity index (χ0n) is 9.56. The summed E-state index contributed by atoms with van der Waals surface area (Å²) in [5, 5.41) is 7.23. The highest BCUT2D eigenvalue weighted by Gasteiger charge is 1.97. The number of hydrogen-bond donors (Lipinski definition) is 2. The van der Waals surface area contributed by atoms with Gasteiger partial charge in [-0.1, -0.05) is 0 Å². The maximum absolute atomic E-state index is 7.23. The lowest BCUT2D eigenvalue weighted by molar-refractivity contribution is 0.261.